The SMILES string of the molecule is CC(=O)Nc1ccsc1CNc1ccc(OC(F)F)cc1. The van der Waals surface area contributed by atoms with Gasteiger partial charge in [0.1, 0.15) is 5.75 Å². The molecule has 1 aromatic heterocycles. The number of ether oxygens (including phenoxy) is 1. The van der Waals surface area contributed by atoms with Gasteiger partial charge in [-0.3, -0.25) is 4.79 Å². The van der Waals surface area contributed by atoms with Crippen molar-refractivity contribution in [1.82, 2.24) is 0 Å². The van der Waals surface area contributed by atoms with E-state index in [0.29, 0.717) is 6.54 Å². The van der Waals surface area contributed by atoms with Gasteiger partial charge in [-0.1, -0.05) is 0 Å². The summed E-state index contributed by atoms with van der Waals surface area (Å²) in [4.78, 5) is 12.0. The normalized spacial score (nSPS) is 10.5. The van der Waals surface area contributed by atoms with E-state index >= 15 is 0 Å². The van der Waals surface area contributed by atoms with Gasteiger partial charge in [0.2, 0.25) is 5.91 Å². The molecule has 1 aromatic carbocycles. The summed E-state index contributed by atoms with van der Waals surface area (Å²) in [6.07, 6.45) is 0. The van der Waals surface area contributed by atoms with E-state index < -0.39 is 6.61 Å². The molecule has 0 radical (unpaired) electrons. The Labute approximate surface area is 124 Å². The van der Waals surface area contributed by atoms with Crippen LogP contribution in [0.5, 0.6) is 5.75 Å². The standard InChI is InChI=1S/C14H14F2N2O2S/c1-9(19)18-12-6-7-21-13(12)8-17-10-2-4-11(5-3-10)20-14(15)16/h2-7,14,17H,8H2,1H3,(H,18,19). The molecule has 2 rings (SSSR count). The number of hydrogen-bond acceptors (Lipinski definition) is 4. The fraction of sp³-hybridized carbons (Fsp3) is 0.214. The minimum absolute atomic E-state index is 0.116. The van der Waals surface area contributed by atoms with Crippen LogP contribution in [0.25, 0.3) is 0 Å². The maximum atomic E-state index is 12.0. The first kappa shape index (κ1) is 15.2. The van der Waals surface area contributed by atoms with Crippen LogP contribution in [0, 0.1) is 0 Å². The van der Waals surface area contributed by atoms with E-state index in [4.69, 9.17) is 0 Å². The van der Waals surface area contributed by atoms with Crippen molar-refractivity contribution < 1.29 is 18.3 Å². The van der Waals surface area contributed by atoms with Gasteiger partial charge in [0.05, 0.1) is 12.2 Å². The quantitative estimate of drug-likeness (QED) is 0.850. The Morgan fingerprint density at radius 3 is 2.62 bits per heavy atom. The number of rotatable bonds is 6. The third-order valence-corrected chi connectivity index (χ3v) is 3.51. The second-order valence-electron chi connectivity index (χ2n) is 4.20. The molecular weight excluding hydrogens is 298 g/mol. The van der Waals surface area contributed by atoms with Crippen molar-refractivity contribution in [3.8, 4) is 5.75 Å². The molecule has 0 aliphatic heterocycles. The van der Waals surface area contributed by atoms with E-state index in [0.717, 1.165) is 16.3 Å². The van der Waals surface area contributed by atoms with Crippen molar-refractivity contribution in [2.24, 2.45) is 0 Å². The molecule has 21 heavy (non-hydrogen) atoms. The summed E-state index contributed by atoms with van der Waals surface area (Å²) < 4.78 is 28.3. The number of alkyl halides is 2. The zero-order chi connectivity index (χ0) is 15.2. The molecule has 112 valence electrons. The maximum absolute atomic E-state index is 12.0. The average molecular weight is 312 g/mol. The van der Waals surface area contributed by atoms with Gasteiger partial charge in [-0.15, -0.1) is 11.3 Å². The van der Waals surface area contributed by atoms with E-state index in [1.807, 2.05) is 11.4 Å². The third kappa shape index (κ3) is 4.71. The van der Waals surface area contributed by atoms with Gasteiger partial charge >= 0.3 is 6.61 Å². The van der Waals surface area contributed by atoms with Crippen molar-refractivity contribution in [3.63, 3.8) is 0 Å². The second kappa shape index (κ2) is 7.03. The van der Waals surface area contributed by atoms with Crippen molar-refractivity contribution in [3.05, 3.63) is 40.6 Å². The number of carbonyl (C=O) groups excluding carboxylic acids is 1. The van der Waals surface area contributed by atoms with Crippen LogP contribution in [0.3, 0.4) is 0 Å². The van der Waals surface area contributed by atoms with E-state index in [1.54, 1.807) is 12.1 Å². The van der Waals surface area contributed by atoms with Crippen LogP contribution in [0.2, 0.25) is 0 Å². The fourth-order valence-corrected chi connectivity index (χ4v) is 2.49. The Morgan fingerprint density at radius 1 is 1.29 bits per heavy atom. The van der Waals surface area contributed by atoms with Gasteiger partial charge in [-0.25, -0.2) is 0 Å². The van der Waals surface area contributed by atoms with E-state index in [1.165, 1.54) is 30.4 Å². The van der Waals surface area contributed by atoms with Crippen LogP contribution in [-0.4, -0.2) is 12.5 Å². The Morgan fingerprint density at radius 2 is 2.00 bits per heavy atom. The lowest BCUT2D eigenvalue weighted by Gasteiger charge is -2.09. The van der Waals surface area contributed by atoms with Gasteiger partial charge in [0.25, 0.3) is 0 Å². The number of amides is 1. The van der Waals surface area contributed by atoms with Gasteiger partial charge in [-0.05, 0) is 35.7 Å². The fourth-order valence-electron chi connectivity index (χ4n) is 1.72. The van der Waals surface area contributed by atoms with E-state index in [2.05, 4.69) is 15.4 Å². The molecule has 7 heteroatoms. The van der Waals surface area contributed by atoms with Crippen molar-refractivity contribution in [2.75, 3.05) is 10.6 Å². The first-order valence-corrected chi connectivity index (χ1v) is 7.05. The van der Waals surface area contributed by atoms with Gasteiger partial charge < -0.3 is 15.4 Å². The highest BCUT2D eigenvalue weighted by molar-refractivity contribution is 7.10. The zero-order valence-corrected chi connectivity index (χ0v) is 12.0. The lowest BCUT2D eigenvalue weighted by atomic mass is 10.3. The van der Waals surface area contributed by atoms with Crippen molar-refractivity contribution >= 4 is 28.6 Å². The zero-order valence-electron chi connectivity index (χ0n) is 11.2. The number of benzene rings is 1. The van der Waals surface area contributed by atoms with Gasteiger partial charge in [-0.2, -0.15) is 8.78 Å². The number of nitrogens with one attached hydrogen (secondary N) is 2. The van der Waals surface area contributed by atoms with Crippen LogP contribution in [0.15, 0.2) is 35.7 Å². The third-order valence-electron chi connectivity index (χ3n) is 2.59. The minimum Gasteiger partial charge on any atom is -0.435 e. The first-order valence-electron chi connectivity index (χ1n) is 6.17. The van der Waals surface area contributed by atoms with Crippen molar-refractivity contribution in [2.45, 2.75) is 20.1 Å². The molecule has 4 nitrogen and oxygen atoms in total. The van der Waals surface area contributed by atoms with Gasteiger partial charge in [0.15, 0.2) is 0 Å². The van der Waals surface area contributed by atoms with Crippen LogP contribution in [-0.2, 0) is 11.3 Å². The predicted octanol–water partition coefficient (Wildman–Crippen LogP) is 3.92. The van der Waals surface area contributed by atoms with Crippen LogP contribution < -0.4 is 15.4 Å². The molecule has 0 fully saturated rings. The predicted molar refractivity (Wildman–Crippen MR) is 79.0 cm³/mol. The van der Waals surface area contributed by atoms with Crippen LogP contribution in [0.4, 0.5) is 20.2 Å². The number of thiophene rings is 1. The molecule has 0 aliphatic rings. The Kier molecular flexibility index (Phi) is 5.10. The number of halogens is 2. The Bertz CT molecular complexity index is 599. The highest BCUT2D eigenvalue weighted by atomic mass is 32.1. The second-order valence-corrected chi connectivity index (χ2v) is 5.20. The first-order chi connectivity index (χ1) is 10.0. The largest absolute Gasteiger partial charge is 0.435 e. The number of hydrogen-bond donors (Lipinski definition) is 2. The molecule has 1 amide bonds. The summed E-state index contributed by atoms with van der Waals surface area (Å²) in [5.74, 6) is -0.00578. The monoisotopic (exact) mass is 312 g/mol. The molecule has 2 N–H and O–H groups in total. The average Bonchev–Trinajstić information content (AvgIpc) is 2.84. The topological polar surface area (TPSA) is 50.4 Å². The summed E-state index contributed by atoms with van der Waals surface area (Å²) in [5, 5.41) is 7.80. The number of carbonyl (C=O) groups is 1. The summed E-state index contributed by atoms with van der Waals surface area (Å²) in [6.45, 7) is -0.839. The maximum Gasteiger partial charge on any atom is 0.387 e. The number of anilines is 2. The molecule has 0 unspecified atom stereocenters. The summed E-state index contributed by atoms with van der Waals surface area (Å²) in [6, 6.07) is 8.09. The highest BCUT2D eigenvalue weighted by Crippen LogP contribution is 2.24. The van der Waals surface area contributed by atoms with Crippen molar-refractivity contribution in [1.29, 1.82) is 0 Å². The lowest BCUT2D eigenvalue weighted by Crippen LogP contribution is -2.08. The molecule has 0 spiro atoms. The molecular formula is C14H14F2N2O2S. The molecule has 0 aliphatic carbocycles. The smallest absolute Gasteiger partial charge is 0.387 e. The lowest BCUT2D eigenvalue weighted by molar-refractivity contribution is -0.114. The Hall–Kier alpha value is -2.15. The summed E-state index contributed by atoms with van der Waals surface area (Å²) in [7, 11) is 0. The van der Waals surface area contributed by atoms with Crippen LogP contribution >= 0.6 is 11.3 Å². The van der Waals surface area contributed by atoms with Gasteiger partial charge in [0, 0.05) is 17.5 Å². The van der Waals surface area contributed by atoms with E-state index in [9.17, 15) is 13.6 Å². The molecule has 0 atom stereocenters. The molecule has 1 heterocycles. The molecule has 0 saturated heterocycles. The molecule has 0 bridgehead atoms. The minimum atomic E-state index is -2.82. The van der Waals surface area contributed by atoms with Crippen LogP contribution in [0.1, 0.15) is 11.8 Å². The summed E-state index contributed by atoms with van der Waals surface area (Å²) >= 11 is 1.52. The highest BCUT2D eigenvalue weighted by Gasteiger charge is 2.06. The molecule has 0 saturated carbocycles. The van der Waals surface area contributed by atoms with E-state index in [-0.39, 0.29) is 11.7 Å². The summed E-state index contributed by atoms with van der Waals surface area (Å²) in [5.41, 5.74) is 1.55. The Balaban J connectivity index is 1.94. The molecule has 2 aromatic rings.